The highest BCUT2D eigenvalue weighted by molar-refractivity contribution is 5.89. The number of urea groups is 1. The Morgan fingerprint density at radius 3 is 2.46 bits per heavy atom. The van der Waals surface area contributed by atoms with Crippen LogP contribution in [0.5, 0.6) is 11.5 Å². The largest absolute Gasteiger partial charge is 0.497 e. The van der Waals surface area contributed by atoms with Crippen molar-refractivity contribution in [1.82, 2.24) is 15.2 Å². The van der Waals surface area contributed by atoms with Gasteiger partial charge in [0.05, 0.1) is 24.9 Å². The summed E-state index contributed by atoms with van der Waals surface area (Å²) in [5, 5.41) is 13.4. The number of aliphatic carboxylic acids is 1. The SMILES string of the molecule is COc1ccc2c(O[C@@H]3C[C@@H](C(=O)O)N(C(=O)NCc4ccccc4)C3)cc(-c3ccccc3)nc2c1. The van der Waals surface area contributed by atoms with Crippen LogP contribution < -0.4 is 14.8 Å². The van der Waals surface area contributed by atoms with E-state index in [1.807, 2.05) is 84.9 Å². The number of ether oxygens (including phenoxy) is 2. The minimum Gasteiger partial charge on any atom is -0.497 e. The van der Waals surface area contributed by atoms with Gasteiger partial charge in [0, 0.05) is 36.0 Å². The predicted molar refractivity (Wildman–Crippen MR) is 140 cm³/mol. The number of amides is 2. The van der Waals surface area contributed by atoms with E-state index >= 15 is 0 Å². The van der Waals surface area contributed by atoms with Gasteiger partial charge in [0.2, 0.25) is 0 Å². The van der Waals surface area contributed by atoms with E-state index in [4.69, 9.17) is 14.5 Å². The Labute approximate surface area is 214 Å². The molecule has 1 fully saturated rings. The van der Waals surface area contributed by atoms with E-state index in [1.165, 1.54) is 4.90 Å². The van der Waals surface area contributed by atoms with Gasteiger partial charge in [-0.15, -0.1) is 0 Å². The van der Waals surface area contributed by atoms with E-state index < -0.39 is 24.1 Å². The molecule has 0 radical (unpaired) electrons. The van der Waals surface area contributed by atoms with Crippen molar-refractivity contribution in [2.75, 3.05) is 13.7 Å². The Morgan fingerprint density at radius 2 is 1.76 bits per heavy atom. The van der Waals surface area contributed by atoms with Crippen LogP contribution in [0.4, 0.5) is 4.79 Å². The van der Waals surface area contributed by atoms with Crippen LogP contribution >= 0.6 is 0 Å². The lowest BCUT2D eigenvalue weighted by Crippen LogP contribution is -2.46. The second-order valence-corrected chi connectivity index (χ2v) is 8.88. The summed E-state index contributed by atoms with van der Waals surface area (Å²) in [5.74, 6) is 0.187. The molecule has 3 aromatic carbocycles. The number of methoxy groups -OCH3 is 1. The summed E-state index contributed by atoms with van der Waals surface area (Å²) in [5.41, 5.74) is 3.28. The highest BCUT2D eigenvalue weighted by atomic mass is 16.5. The van der Waals surface area contributed by atoms with Crippen LogP contribution in [0.1, 0.15) is 12.0 Å². The number of hydrogen-bond donors (Lipinski definition) is 2. The van der Waals surface area contributed by atoms with Crippen LogP contribution in [0.2, 0.25) is 0 Å². The molecular formula is C29H27N3O5. The lowest BCUT2D eigenvalue weighted by atomic mass is 10.1. The zero-order valence-electron chi connectivity index (χ0n) is 20.3. The average molecular weight is 498 g/mol. The first-order chi connectivity index (χ1) is 18.0. The third-order valence-electron chi connectivity index (χ3n) is 6.44. The van der Waals surface area contributed by atoms with Gasteiger partial charge in [-0.25, -0.2) is 14.6 Å². The Kier molecular flexibility index (Phi) is 6.89. The van der Waals surface area contributed by atoms with Crippen molar-refractivity contribution >= 4 is 22.9 Å². The summed E-state index contributed by atoms with van der Waals surface area (Å²) < 4.78 is 11.8. The molecule has 4 aromatic rings. The zero-order chi connectivity index (χ0) is 25.8. The van der Waals surface area contributed by atoms with Crippen molar-refractivity contribution in [1.29, 1.82) is 0 Å². The lowest BCUT2D eigenvalue weighted by Gasteiger charge is -2.22. The molecule has 2 N–H and O–H groups in total. The Hall–Kier alpha value is -4.59. The number of fused-ring (bicyclic) bond motifs is 1. The van der Waals surface area contributed by atoms with E-state index in [2.05, 4.69) is 5.32 Å². The maximum absolute atomic E-state index is 12.9. The van der Waals surface area contributed by atoms with Crippen LogP contribution in [-0.2, 0) is 11.3 Å². The Bertz CT molecular complexity index is 1410. The van der Waals surface area contributed by atoms with Crippen molar-refractivity contribution < 1.29 is 24.2 Å². The molecule has 0 bridgehead atoms. The molecule has 8 nitrogen and oxygen atoms in total. The zero-order valence-corrected chi connectivity index (χ0v) is 20.3. The molecule has 37 heavy (non-hydrogen) atoms. The Balaban J connectivity index is 1.40. The molecule has 2 amide bonds. The number of pyridine rings is 1. The minimum atomic E-state index is -1.06. The fraction of sp³-hybridized carbons (Fsp3) is 0.207. The van der Waals surface area contributed by atoms with Gasteiger partial charge in [0.25, 0.3) is 0 Å². The molecule has 0 unspecified atom stereocenters. The van der Waals surface area contributed by atoms with Gasteiger partial charge in [-0.1, -0.05) is 60.7 Å². The molecule has 0 aliphatic carbocycles. The van der Waals surface area contributed by atoms with E-state index in [-0.39, 0.29) is 13.0 Å². The second kappa shape index (κ2) is 10.6. The fourth-order valence-corrected chi connectivity index (χ4v) is 4.55. The summed E-state index contributed by atoms with van der Waals surface area (Å²) in [4.78, 5) is 31.1. The topological polar surface area (TPSA) is 101 Å². The number of likely N-dealkylation sites (tertiary alicyclic amines) is 1. The molecule has 1 aromatic heterocycles. The van der Waals surface area contributed by atoms with Crippen molar-refractivity contribution in [3.63, 3.8) is 0 Å². The van der Waals surface area contributed by atoms with Crippen LogP contribution in [0.15, 0.2) is 84.9 Å². The van der Waals surface area contributed by atoms with Gasteiger partial charge in [-0.2, -0.15) is 0 Å². The minimum absolute atomic E-state index is 0.151. The molecule has 0 saturated carbocycles. The molecule has 2 heterocycles. The molecule has 1 saturated heterocycles. The van der Waals surface area contributed by atoms with E-state index in [1.54, 1.807) is 7.11 Å². The quantitative estimate of drug-likeness (QED) is 0.383. The molecular weight excluding hydrogens is 470 g/mol. The first-order valence-corrected chi connectivity index (χ1v) is 12.0. The van der Waals surface area contributed by atoms with Gasteiger partial charge >= 0.3 is 12.0 Å². The summed E-state index contributed by atoms with van der Waals surface area (Å²) in [6, 6.07) is 25.2. The number of carboxylic acids is 1. The standard InChI is InChI=1S/C29H27N3O5/c1-36-21-12-13-23-25(14-21)31-24(20-10-6-3-7-11-20)16-27(23)37-22-15-26(28(33)34)32(18-22)29(35)30-17-19-8-4-2-5-9-19/h2-14,16,22,26H,15,17-18H2,1H3,(H,30,35)(H,33,34)/t22-,26+/m1/s1. The number of nitrogens with one attached hydrogen (secondary N) is 1. The summed E-state index contributed by atoms with van der Waals surface area (Å²) in [7, 11) is 1.60. The lowest BCUT2D eigenvalue weighted by molar-refractivity contribution is -0.141. The van der Waals surface area contributed by atoms with E-state index in [9.17, 15) is 14.7 Å². The van der Waals surface area contributed by atoms with E-state index in [0.717, 1.165) is 22.2 Å². The molecule has 5 rings (SSSR count). The molecule has 8 heteroatoms. The molecule has 0 spiro atoms. The first kappa shape index (κ1) is 24.1. The van der Waals surface area contributed by atoms with Crippen molar-refractivity contribution in [3.8, 4) is 22.8 Å². The fourth-order valence-electron chi connectivity index (χ4n) is 4.55. The molecule has 2 atom stereocenters. The van der Waals surface area contributed by atoms with Crippen molar-refractivity contribution in [2.45, 2.75) is 25.1 Å². The second-order valence-electron chi connectivity index (χ2n) is 8.88. The number of carboxylic acid groups (broad SMARTS) is 1. The van der Waals surface area contributed by atoms with Crippen molar-refractivity contribution in [3.05, 3.63) is 90.5 Å². The maximum Gasteiger partial charge on any atom is 0.326 e. The molecule has 188 valence electrons. The maximum atomic E-state index is 12.9. The van der Waals surface area contributed by atoms with Crippen LogP contribution in [-0.4, -0.2) is 52.8 Å². The number of rotatable bonds is 7. The summed E-state index contributed by atoms with van der Waals surface area (Å²) >= 11 is 0. The van der Waals surface area contributed by atoms with Gasteiger partial charge in [-0.05, 0) is 17.7 Å². The number of aromatic nitrogens is 1. The number of benzene rings is 3. The van der Waals surface area contributed by atoms with E-state index in [0.29, 0.717) is 23.6 Å². The third kappa shape index (κ3) is 5.33. The number of nitrogens with zero attached hydrogens (tertiary/aromatic N) is 2. The predicted octanol–water partition coefficient (Wildman–Crippen LogP) is 4.73. The number of carbonyl (C=O) groups is 2. The monoisotopic (exact) mass is 497 g/mol. The third-order valence-corrected chi connectivity index (χ3v) is 6.44. The highest BCUT2D eigenvalue weighted by Crippen LogP contribution is 2.34. The van der Waals surface area contributed by atoms with Gasteiger partial charge in [0.1, 0.15) is 23.6 Å². The molecule has 1 aliphatic heterocycles. The van der Waals surface area contributed by atoms with Crippen molar-refractivity contribution in [2.24, 2.45) is 0 Å². The first-order valence-electron chi connectivity index (χ1n) is 12.0. The van der Waals surface area contributed by atoms with Gasteiger partial charge in [-0.3, -0.25) is 0 Å². The summed E-state index contributed by atoms with van der Waals surface area (Å²) in [6.45, 7) is 0.462. The number of hydrogen-bond acceptors (Lipinski definition) is 5. The highest BCUT2D eigenvalue weighted by Gasteiger charge is 2.41. The normalized spacial score (nSPS) is 16.9. The van der Waals surface area contributed by atoms with Gasteiger partial charge in [0.15, 0.2) is 0 Å². The van der Waals surface area contributed by atoms with Crippen LogP contribution in [0.25, 0.3) is 22.2 Å². The summed E-state index contributed by atoms with van der Waals surface area (Å²) in [6.07, 6.45) is -0.325. The van der Waals surface area contributed by atoms with Crippen LogP contribution in [0.3, 0.4) is 0 Å². The smallest absolute Gasteiger partial charge is 0.326 e. The Morgan fingerprint density at radius 1 is 1.03 bits per heavy atom. The van der Waals surface area contributed by atoms with Gasteiger partial charge < -0.3 is 24.8 Å². The average Bonchev–Trinajstić information content (AvgIpc) is 3.36. The number of carbonyl (C=O) groups excluding carboxylic acids is 1. The van der Waals surface area contributed by atoms with Crippen LogP contribution in [0, 0.1) is 0 Å². The molecule has 1 aliphatic rings.